The summed E-state index contributed by atoms with van der Waals surface area (Å²) in [5, 5.41) is 10.7. The molecule has 2 aromatic heterocycles. The Bertz CT molecular complexity index is 695. The molecule has 0 aromatic carbocycles. The molecule has 2 rings (SSSR count). The number of thiazole rings is 1. The quantitative estimate of drug-likeness (QED) is 0.413. The maximum absolute atomic E-state index is 5.34. The topological polar surface area (TPSA) is 67.6 Å². The monoisotopic (exact) mass is 378 g/mol. The number of aliphatic imine (C=N–C) groups is 1. The van der Waals surface area contributed by atoms with Crippen molar-refractivity contribution in [2.45, 2.75) is 39.3 Å². The van der Waals surface area contributed by atoms with Gasteiger partial charge in [0.1, 0.15) is 11.1 Å². The standard InChI is InChI=1S/C18H30N6OS/c1-6-19-18(20-9-7-8-15-10-21-24(4)11-15)23(3)12-16-13-26-17(22-16)14(2)25-5/h10-11,13-14H,6-9,12H2,1-5H3,(H,19,20). The smallest absolute Gasteiger partial charge is 0.194 e. The van der Waals surface area contributed by atoms with E-state index >= 15 is 0 Å². The van der Waals surface area contributed by atoms with E-state index in [0.717, 1.165) is 49.1 Å². The van der Waals surface area contributed by atoms with Crippen molar-refractivity contribution in [1.29, 1.82) is 0 Å². The zero-order valence-electron chi connectivity index (χ0n) is 16.4. The summed E-state index contributed by atoms with van der Waals surface area (Å²) < 4.78 is 7.17. The van der Waals surface area contributed by atoms with Gasteiger partial charge in [-0.25, -0.2) is 4.98 Å². The number of rotatable bonds is 9. The first-order valence-corrected chi connectivity index (χ1v) is 9.85. The molecule has 0 radical (unpaired) electrons. The first-order valence-electron chi connectivity index (χ1n) is 8.97. The number of guanidine groups is 1. The summed E-state index contributed by atoms with van der Waals surface area (Å²) in [7, 11) is 5.69. The minimum Gasteiger partial charge on any atom is -0.375 e. The zero-order valence-corrected chi connectivity index (χ0v) is 17.2. The second-order valence-electron chi connectivity index (χ2n) is 6.27. The van der Waals surface area contributed by atoms with Crippen molar-refractivity contribution in [3.05, 3.63) is 34.0 Å². The van der Waals surface area contributed by atoms with Crippen LogP contribution in [-0.4, -0.2) is 52.9 Å². The third kappa shape index (κ3) is 6.10. The van der Waals surface area contributed by atoms with E-state index < -0.39 is 0 Å². The molecular weight excluding hydrogens is 348 g/mol. The van der Waals surface area contributed by atoms with Gasteiger partial charge in [0.25, 0.3) is 0 Å². The highest BCUT2D eigenvalue weighted by Crippen LogP contribution is 2.20. The molecular formula is C18H30N6OS. The van der Waals surface area contributed by atoms with Gasteiger partial charge in [-0.2, -0.15) is 5.10 Å². The van der Waals surface area contributed by atoms with Crippen molar-refractivity contribution in [3.8, 4) is 0 Å². The third-order valence-corrected chi connectivity index (χ3v) is 5.06. The van der Waals surface area contributed by atoms with Crippen LogP contribution in [0.2, 0.25) is 0 Å². The SMILES string of the molecule is CCNC(=NCCCc1cnn(C)c1)N(C)Cc1csc(C(C)OC)n1. The van der Waals surface area contributed by atoms with E-state index in [4.69, 9.17) is 9.73 Å². The first-order chi connectivity index (χ1) is 12.5. The second kappa shape index (κ2) is 10.3. The predicted octanol–water partition coefficient (Wildman–Crippen LogP) is 2.61. The molecule has 7 nitrogen and oxygen atoms in total. The van der Waals surface area contributed by atoms with Gasteiger partial charge in [0.15, 0.2) is 5.96 Å². The summed E-state index contributed by atoms with van der Waals surface area (Å²) in [4.78, 5) is 11.5. The van der Waals surface area contributed by atoms with E-state index in [1.165, 1.54) is 5.56 Å². The number of ether oxygens (including phenoxy) is 1. The Kier molecular flexibility index (Phi) is 8.06. The van der Waals surface area contributed by atoms with Crippen LogP contribution in [0.4, 0.5) is 0 Å². The highest BCUT2D eigenvalue weighted by molar-refractivity contribution is 7.09. The van der Waals surface area contributed by atoms with E-state index in [1.54, 1.807) is 18.4 Å². The van der Waals surface area contributed by atoms with Gasteiger partial charge in [-0.3, -0.25) is 9.67 Å². The van der Waals surface area contributed by atoms with Crippen LogP contribution in [0.1, 0.15) is 42.6 Å². The lowest BCUT2D eigenvalue weighted by atomic mass is 10.2. The molecule has 0 saturated heterocycles. The summed E-state index contributed by atoms with van der Waals surface area (Å²) >= 11 is 1.64. The molecule has 1 unspecified atom stereocenters. The van der Waals surface area contributed by atoms with Gasteiger partial charge >= 0.3 is 0 Å². The van der Waals surface area contributed by atoms with Crippen LogP contribution < -0.4 is 5.32 Å². The van der Waals surface area contributed by atoms with Crippen LogP contribution >= 0.6 is 11.3 Å². The lowest BCUT2D eigenvalue weighted by molar-refractivity contribution is 0.119. The Morgan fingerprint density at radius 3 is 2.96 bits per heavy atom. The van der Waals surface area contributed by atoms with Crippen molar-refractivity contribution in [2.75, 3.05) is 27.2 Å². The summed E-state index contributed by atoms with van der Waals surface area (Å²) in [6, 6.07) is 0. The largest absolute Gasteiger partial charge is 0.375 e. The maximum Gasteiger partial charge on any atom is 0.194 e. The van der Waals surface area contributed by atoms with E-state index in [0.29, 0.717) is 0 Å². The van der Waals surface area contributed by atoms with Crippen LogP contribution in [0.15, 0.2) is 22.8 Å². The fourth-order valence-electron chi connectivity index (χ4n) is 2.54. The Labute approximate surface area is 160 Å². The molecule has 0 spiro atoms. The molecule has 1 N–H and O–H groups in total. The highest BCUT2D eigenvalue weighted by Gasteiger charge is 2.12. The van der Waals surface area contributed by atoms with Gasteiger partial charge < -0.3 is 15.0 Å². The summed E-state index contributed by atoms with van der Waals surface area (Å²) in [5.41, 5.74) is 2.29. The van der Waals surface area contributed by atoms with Crippen molar-refractivity contribution in [1.82, 2.24) is 25.0 Å². The van der Waals surface area contributed by atoms with Gasteiger partial charge in [0.05, 0.1) is 18.4 Å². The molecule has 144 valence electrons. The highest BCUT2D eigenvalue weighted by atomic mass is 32.1. The molecule has 1 atom stereocenters. The minimum absolute atomic E-state index is 0.0356. The van der Waals surface area contributed by atoms with E-state index in [2.05, 4.69) is 38.8 Å². The van der Waals surface area contributed by atoms with Crippen molar-refractivity contribution in [2.24, 2.45) is 12.0 Å². The Morgan fingerprint density at radius 2 is 2.31 bits per heavy atom. The minimum atomic E-state index is 0.0356. The Balaban J connectivity index is 1.88. The normalized spacial score (nSPS) is 13.0. The number of nitrogens with one attached hydrogen (secondary N) is 1. The third-order valence-electron chi connectivity index (χ3n) is 4.01. The molecule has 0 aliphatic heterocycles. The first kappa shape index (κ1) is 20.4. The van der Waals surface area contributed by atoms with E-state index in [-0.39, 0.29) is 6.10 Å². The maximum atomic E-state index is 5.34. The van der Waals surface area contributed by atoms with Gasteiger partial charge in [0.2, 0.25) is 0 Å². The average molecular weight is 379 g/mol. The van der Waals surface area contributed by atoms with E-state index in [9.17, 15) is 0 Å². The van der Waals surface area contributed by atoms with Gasteiger partial charge in [-0.1, -0.05) is 0 Å². The number of aromatic nitrogens is 3. The van der Waals surface area contributed by atoms with Crippen molar-refractivity contribution < 1.29 is 4.74 Å². The fraction of sp³-hybridized carbons (Fsp3) is 0.611. The summed E-state index contributed by atoms with van der Waals surface area (Å²) in [5.74, 6) is 0.910. The van der Waals surface area contributed by atoms with Gasteiger partial charge in [0, 0.05) is 45.9 Å². The Morgan fingerprint density at radius 1 is 1.50 bits per heavy atom. The molecule has 0 amide bonds. The average Bonchev–Trinajstić information content (AvgIpc) is 3.26. The second-order valence-corrected chi connectivity index (χ2v) is 7.16. The van der Waals surface area contributed by atoms with Crippen LogP contribution in [0, 0.1) is 0 Å². The molecule has 26 heavy (non-hydrogen) atoms. The number of aryl methyl sites for hydroxylation is 2. The number of nitrogens with zero attached hydrogens (tertiary/aromatic N) is 5. The van der Waals surface area contributed by atoms with Crippen LogP contribution in [0.3, 0.4) is 0 Å². The molecule has 2 heterocycles. The molecule has 8 heteroatoms. The molecule has 2 aromatic rings. The molecule has 0 bridgehead atoms. The molecule has 0 aliphatic carbocycles. The van der Waals surface area contributed by atoms with Gasteiger partial charge in [-0.15, -0.1) is 11.3 Å². The summed E-state index contributed by atoms with van der Waals surface area (Å²) in [6.45, 7) is 6.45. The van der Waals surface area contributed by atoms with Crippen LogP contribution in [0.25, 0.3) is 0 Å². The van der Waals surface area contributed by atoms with Crippen molar-refractivity contribution >= 4 is 17.3 Å². The lowest BCUT2D eigenvalue weighted by Gasteiger charge is -2.21. The number of hydrogen-bond acceptors (Lipinski definition) is 5. The zero-order chi connectivity index (χ0) is 18.9. The Hall–Kier alpha value is -1.93. The fourth-order valence-corrected chi connectivity index (χ4v) is 3.38. The van der Waals surface area contributed by atoms with Crippen LogP contribution in [0.5, 0.6) is 0 Å². The van der Waals surface area contributed by atoms with E-state index in [1.807, 2.05) is 31.9 Å². The number of methoxy groups -OCH3 is 1. The van der Waals surface area contributed by atoms with Crippen molar-refractivity contribution in [3.63, 3.8) is 0 Å². The van der Waals surface area contributed by atoms with Crippen LogP contribution in [-0.2, 0) is 24.8 Å². The lowest BCUT2D eigenvalue weighted by Crippen LogP contribution is -2.38. The molecule has 0 fully saturated rings. The summed E-state index contributed by atoms with van der Waals surface area (Å²) in [6.07, 6.45) is 6.00. The molecule has 0 saturated carbocycles. The van der Waals surface area contributed by atoms with Gasteiger partial charge in [-0.05, 0) is 32.3 Å². The molecule has 0 aliphatic rings. The number of hydrogen-bond donors (Lipinski definition) is 1. The predicted molar refractivity (Wildman–Crippen MR) is 107 cm³/mol.